The topological polar surface area (TPSA) is 61.5 Å². The summed E-state index contributed by atoms with van der Waals surface area (Å²) in [5.74, 6) is 0.800. The number of hydrogen-bond donors (Lipinski definition) is 1. The zero-order chi connectivity index (χ0) is 18.5. The Bertz CT molecular complexity index is 977. The fourth-order valence-corrected chi connectivity index (χ4v) is 3.50. The summed E-state index contributed by atoms with van der Waals surface area (Å²) < 4.78 is 12.4. The SMILES string of the molecule is COc1cc(/C=C\C(N)=O)cc(I)c1OCc1cccc2ccccc12. The summed E-state index contributed by atoms with van der Waals surface area (Å²) in [6, 6.07) is 18.1. The molecule has 4 nitrogen and oxygen atoms in total. The maximum atomic E-state index is 10.9. The Labute approximate surface area is 165 Å². The summed E-state index contributed by atoms with van der Waals surface area (Å²) in [7, 11) is 1.60. The van der Waals surface area contributed by atoms with Gasteiger partial charge in [-0.1, -0.05) is 42.5 Å². The highest BCUT2D eigenvalue weighted by Gasteiger charge is 2.12. The number of benzene rings is 3. The predicted molar refractivity (Wildman–Crippen MR) is 112 cm³/mol. The van der Waals surface area contributed by atoms with Crippen molar-refractivity contribution < 1.29 is 14.3 Å². The third-order valence-electron chi connectivity index (χ3n) is 3.94. The van der Waals surface area contributed by atoms with E-state index in [-0.39, 0.29) is 0 Å². The van der Waals surface area contributed by atoms with Crippen molar-refractivity contribution in [2.75, 3.05) is 7.11 Å². The van der Waals surface area contributed by atoms with Gasteiger partial charge in [-0.3, -0.25) is 4.79 Å². The Morgan fingerprint density at radius 1 is 1.15 bits per heavy atom. The molecule has 0 aliphatic heterocycles. The molecule has 0 spiro atoms. The van der Waals surface area contributed by atoms with Crippen LogP contribution in [0.3, 0.4) is 0 Å². The van der Waals surface area contributed by atoms with Crippen molar-refractivity contribution in [2.45, 2.75) is 6.61 Å². The van der Waals surface area contributed by atoms with Gasteiger partial charge in [0.25, 0.3) is 0 Å². The van der Waals surface area contributed by atoms with Crippen LogP contribution in [-0.2, 0) is 11.4 Å². The van der Waals surface area contributed by atoms with Crippen LogP contribution >= 0.6 is 22.6 Å². The van der Waals surface area contributed by atoms with Crippen LogP contribution in [-0.4, -0.2) is 13.0 Å². The van der Waals surface area contributed by atoms with Gasteiger partial charge in [-0.2, -0.15) is 0 Å². The van der Waals surface area contributed by atoms with E-state index in [1.807, 2.05) is 30.3 Å². The molecule has 0 unspecified atom stereocenters. The van der Waals surface area contributed by atoms with Gasteiger partial charge in [-0.05, 0) is 62.7 Å². The van der Waals surface area contributed by atoms with Crippen LogP contribution < -0.4 is 15.2 Å². The number of ether oxygens (including phenoxy) is 2. The van der Waals surface area contributed by atoms with Gasteiger partial charge >= 0.3 is 0 Å². The second kappa shape index (κ2) is 8.23. The number of halogens is 1. The normalized spacial score (nSPS) is 11.0. The van der Waals surface area contributed by atoms with Crippen LogP contribution in [0, 0.1) is 3.57 Å². The highest BCUT2D eigenvalue weighted by atomic mass is 127. The molecule has 0 bridgehead atoms. The molecule has 0 radical (unpaired) electrons. The molecular weight excluding hydrogens is 441 g/mol. The van der Waals surface area contributed by atoms with E-state index in [2.05, 4.69) is 46.9 Å². The van der Waals surface area contributed by atoms with Gasteiger partial charge < -0.3 is 15.2 Å². The molecule has 0 atom stereocenters. The summed E-state index contributed by atoms with van der Waals surface area (Å²) in [6.07, 6.45) is 2.98. The van der Waals surface area contributed by atoms with E-state index in [4.69, 9.17) is 15.2 Å². The Morgan fingerprint density at radius 2 is 1.92 bits per heavy atom. The Morgan fingerprint density at radius 3 is 2.69 bits per heavy atom. The Hall–Kier alpha value is -2.54. The highest BCUT2D eigenvalue weighted by molar-refractivity contribution is 14.1. The van der Waals surface area contributed by atoms with E-state index < -0.39 is 5.91 Å². The van der Waals surface area contributed by atoms with Crippen molar-refractivity contribution in [3.05, 3.63) is 75.4 Å². The quantitative estimate of drug-likeness (QED) is 0.435. The highest BCUT2D eigenvalue weighted by Crippen LogP contribution is 2.35. The van der Waals surface area contributed by atoms with Crippen LogP contribution in [0.4, 0.5) is 0 Å². The van der Waals surface area contributed by atoms with Crippen LogP contribution in [0.5, 0.6) is 11.5 Å². The number of methoxy groups -OCH3 is 1. The van der Waals surface area contributed by atoms with E-state index in [1.54, 1.807) is 13.2 Å². The van der Waals surface area contributed by atoms with Crippen molar-refractivity contribution in [3.8, 4) is 11.5 Å². The zero-order valence-corrected chi connectivity index (χ0v) is 16.4. The molecule has 0 fully saturated rings. The van der Waals surface area contributed by atoms with Gasteiger partial charge in [0.15, 0.2) is 11.5 Å². The van der Waals surface area contributed by atoms with E-state index in [9.17, 15) is 4.79 Å². The largest absolute Gasteiger partial charge is 0.493 e. The van der Waals surface area contributed by atoms with Gasteiger partial charge in [0, 0.05) is 6.08 Å². The Kier molecular flexibility index (Phi) is 5.78. The molecule has 0 aromatic heterocycles. The predicted octanol–water partition coefficient (Wildman–Crippen LogP) is 4.53. The summed E-state index contributed by atoms with van der Waals surface area (Å²) in [6.45, 7) is 0.435. The molecule has 0 heterocycles. The van der Waals surface area contributed by atoms with Gasteiger partial charge in [-0.25, -0.2) is 0 Å². The summed E-state index contributed by atoms with van der Waals surface area (Å²) in [4.78, 5) is 10.9. The number of hydrogen-bond acceptors (Lipinski definition) is 3. The maximum Gasteiger partial charge on any atom is 0.241 e. The van der Waals surface area contributed by atoms with E-state index in [0.717, 1.165) is 14.7 Å². The van der Waals surface area contributed by atoms with Crippen LogP contribution in [0.15, 0.2) is 60.7 Å². The second-order valence-corrected chi connectivity index (χ2v) is 6.86. The molecule has 1 amide bonds. The van der Waals surface area contributed by atoms with Gasteiger partial charge in [0.2, 0.25) is 5.91 Å². The molecule has 132 valence electrons. The molecule has 3 rings (SSSR count). The second-order valence-electron chi connectivity index (χ2n) is 5.70. The van der Waals surface area contributed by atoms with Crippen molar-refractivity contribution in [3.63, 3.8) is 0 Å². The number of carbonyl (C=O) groups excluding carboxylic acids is 1. The first-order chi connectivity index (χ1) is 12.6. The fraction of sp³-hybridized carbons (Fsp3) is 0.0952. The standard InChI is InChI=1S/C21H18INO3/c1-25-19-12-14(9-10-20(23)24)11-18(22)21(19)26-13-16-7-4-6-15-5-2-3-8-17(15)16/h2-12H,13H2,1H3,(H2,23,24)/b10-9-. The lowest BCUT2D eigenvalue weighted by Crippen LogP contribution is -2.05. The average Bonchev–Trinajstić information content (AvgIpc) is 2.65. The third-order valence-corrected chi connectivity index (χ3v) is 4.75. The monoisotopic (exact) mass is 459 g/mol. The lowest BCUT2D eigenvalue weighted by atomic mass is 10.1. The van der Waals surface area contributed by atoms with Crippen molar-refractivity contribution in [1.29, 1.82) is 0 Å². The number of carbonyl (C=O) groups is 1. The minimum atomic E-state index is -0.491. The number of rotatable bonds is 6. The maximum absolute atomic E-state index is 10.9. The number of fused-ring (bicyclic) bond motifs is 1. The number of amides is 1. The first kappa shape index (κ1) is 18.3. The van der Waals surface area contributed by atoms with Crippen LogP contribution in [0.1, 0.15) is 11.1 Å². The fourth-order valence-electron chi connectivity index (χ4n) is 2.72. The lowest BCUT2D eigenvalue weighted by molar-refractivity contribution is -0.113. The third kappa shape index (κ3) is 4.16. The zero-order valence-electron chi connectivity index (χ0n) is 14.2. The van der Waals surface area contributed by atoms with Crippen LogP contribution in [0.25, 0.3) is 16.8 Å². The molecule has 0 saturated heterocycles. The first-order valence-electron chi connectivity index (χ1n) is 8.03. The van der Waals surface area contributed by atoms with E-state index in [0.29, 0.717) is 18.1 Å². The molecule has 0 saturated carbocycles. The summed E-state index contributed by atoms with van der Waals surface area (Å²) >= 11 is 2.20. The van der Waals surface area contributed by atoms with Crippen molar-refractivity contribution in [1.82, 2.24) is 0 Å². The molecule has 2 N–H and O–H groups in total. The minimum Gasteiger partial charge on any atom is -0.493 e. The molecule has 3 aromatic carbocycles. The minimum absolute atomic E-state index is 0.435. The average molecular weight is 459 g/mol. The summed E-state index contributed by atoms with van der Waals surface area (Å²) in [5.41, 5.74) is 7.08. The summed E-state index contributed by atoms with van der Waals surface area (Å²) in [5, 5.41) is 2.35. The molecule has 0 aliphatic rings. The van der Waals surface area contributed by atoms with Gasteiger partial charge in [-0.15, -0.1) is 0 Å². The molecule has 3 aromatic rings. The van der Waals surface area contributed by atoms with Crippen LogP contribution in [0.2, 0.25) is 0 Å². The molecule has 5 heteroatoms. The smallest absolute Gasteiger partial charge is 0.241 e. The van der Waals surface area contributed by atoms with E-state index >= 15 is 0 Å². The molecule has 0 aliphatic carbocycles. The van der Waals surface area contributed by atoms with Gasteiger partial charge in [0.1, 0.15) is 6.61 Å². The number of nitrogens with two attached hydrogens (primary N) is 1. The van der Waals surface area contributed by atoms with Crippen molar-refractivity contribution >= 4 is 45.3 Å². The van der Waals surface area contributed by atoms with E-state index in [1.165, 1.54) is 16.8 Å². The van der Waals surface area contributed by atoms with Crippen molar-refractivity contribution in [2.24, 2.45) is 5.73 Å². The first-order valence-corrected chi connectivity index (χ1v) is 9.11. The molecule has 26 heavy (non-hydrogen) atoms. The Balaban J connectivity index is 1.88. The van der Waals surface area contributed by atoms with Gasteiger partial charge in [0.05, 0.1) is 10.7 Å². The lowest BCUT2D eigenvalue weighted by Gasteiger charge is -2.14. The molecular formula is C21H18INO3. The number of primary amides is 1.